The van der Waals surface area contributed by atoms with Gasteiger partial charge in [0, 0.05) is 5.69 Å². The van der Waals surface area contributed by atoms with Gasteiger partial charge >= 0.3 is 5.97 Å². The van der Waals surface area contributed by atoms with E-state index in [1.165, 1.54) is 18.2 Å². The van der Waals surface area contributed by atoms with Crippen molar-refractivity contribution in [2.24, 2.45) is 0 Å². The Balaban J connectivity index is 2.21. The van der Waals surface area contributed by atoms with Crippen LogP contribution in [-0.4, -0.2) is 26.6 Å². The largest absolute Gasteiger partial charge is 0.478 e. The predicted octanol–water partition coefficient (Wildman–Crippen LogP) is 2.45. The van der Waals surface area contributed by atoms with Crippen LogP contribution in [-0.2, 0) is 0 Å². The number of hydrogen-bond acceptors (Lipinski definition) is 5. The third kappa shape index (κ3) is 2.88. The third-order valence-corrected chi connectivity index (χ3v) is 3.45. The molecular weight excluding hydrogens is 290 g/mol. The summed E-state index contributed by atoms with van der Waals surface area (Å²) in [5.41, 5.74) is 0.929. The number of aromatic nitrogens is 2. The fourth-order valence-corrected chi connectivity index (χ4v) is 2.21. The van der Waals surface area contributed by atoms with Crippen LogP contribution in [0.4, 0.5) is 5.69 Å². The highest BCUT2D eigenvalue weighted by Gasteiger charge is 2.14. The lowest BCUT2D eigenvalue weighted by Gasteiger charge is -2.05. The molecule has 19 heavy (non-hydrogen) atoms. The number of halogens is 1. The first-order valence-electron chi connectivity index (χ1n) is 5.12. The second-order valence-electron chi connectivity index (χ2n) is 3.64. The van der Waals surface area contributed by atoms with Gasteiger partial charge in [0.25, 0.3) is 5.91 Å². The van der Waals surface area contributed by atoms with E-state index in [2.05, 4.69) is 14.9 Å². The van der Waals surface area contributed by atoms with Crippen LogP contribution in [0.1, 0.15) is 25.7 Å². The molecule has 6 nitrogen and oxygen atoms in total. The number of carbonyl (C=O) groups is 2. The van der Waals surface area contributed by atoms with Crippen LogP contribution in [0.25, 0.3) is 0 Å². The molecule has 0 atom stereocenters. The van der Waals surface area contributed by atoms with Crippen LogP contribution in [0.3, 0.4) is 0 Å². The molecule has 2 aromatic rings. The van der Waals surface area contributed by atoms with E-state index in [1.807, 2.05) is 0 Å². The second kappa shape index (κ2) is 5.33. The van der Waals surface area contributed by atoms with Gasteiger partial charge in [0.1, 0.15) is 4.88 Å². The lowest BCUT2D eigenvalue weighted by atomic mass is 10.2. The Morgan fingerprint density at radius 2 is 2.16 bits per heavy atom. The molecule has 0 saturated heterocycles. The van der Waals surface area contributed by atoms with Crippen LogP contribution in [0, 0.1) is 6.92 Å². The molecule has 0 radical (unpaired) electrons. The Bertz CT molecular complexity index is 656. The van der Waals surface area contributed by atoms with E-state index < -0.39 is 5.97 Å². The lowest BCUT2D eigenvalue weighted by molar-refractivity contribution is 0.0697. The summed E-state index contributed by atoms with van der Waals surface area (Å²) in [7, 11) is 0. The van der Waals surface area contributed by atoms with E-state index in [4.69, 9.17) is 16.7 Å². The van der Waals surface area contributed by atoms with Gasteiger partial charge in [-0.1, -0.05) is 16.1 Å². The van der Waals surface area contributed by atoms with Gasteiger partial charge in [-0.2, -0.15) is 0 Å². The number of benzene rings is 1. The monoisotopic (exact) mass is 297 g/mol. The number of nitrogens with zero attached hydrogens (tertiary/aromatic N) is 2. The van der Waals surface area contributed by atoms with Gasteiger partial charge < -0.3 is 10.4 Å². The van der Waals surface area contributed by atoms with Crippen molar-refractivity contribution in [1.82, 2.24) is 9.59 Å². The quantitative estimate of drug-likeness (QED) is 0.908. The summed E-state index contributed by atoms with van der Waals surface area (Å²) < 4.78 is 3.67. The Labute approximate surface area is 117 Å². The van der Waals surface area contributed by atoms with Crippen molar-refractivity contribution in [2.75, 3.05) is 5.32 Å². The number of hydrogen-bond donors (Lipinski definition) is 2. The molecule has 0 aliphatic rings. The summed E-state index contributed by atoms with van der Waals surface area (Å²) in [5.74, 6) is -1.47. The lowest BCUT2D eigenvalue weighted by Crippen LogP contribution is -2.12. The number of amides is 1. The van der Waals surface area contributed by atoms with E-state index in [1.54, 1.807) is 6.92 Å². The first kappa shape index (κ1) is 13.4. The highest BCUT2D eigenvalue weighted by Crippen LogP contribution is 2.22. The van der Waals surface area contributed by atoms with Crippen molar-refractivity contribution in [1.29, 1.82) is 0 Å². The third-order valence-electron chi connectivity index (χ3n) is 2.32. The summed E-state index contributed by atoms with van der Waals surface area (Å²) in [4.78, 5) is 23.1. The first-order valence-corrected chi connectivity index (χ1v) is 6.27. The van der Waals surface area contributed by atoms with E-state index in [0.717, 1.165) is 11.5 Å². The molecule has 0 aliphatic heterocycles. The zero-order valence-electron chi connectivity index (χ0n) is 9.68. The SMILES string of the molecule is Cc1nnsc1C(=O)Nc1ccc(C(=O)O)c(Cl)c1. The first-order chi connectivity index (χ1) is 8.99. The summed E-state index contributed by atoms with van der Waals surface area (Å²) in [5, 5.41) is 15.2. The number of aromatic carboxylic acids is 1. The number of rotatable bonds is 3. The molecule has 1 amide bonds. The van der Waals surface area contributed by atoms with Gasteiger partial charge in [0.05, 0.1) is 16.3 Å². The predicted molar refractivity (Wildman–Crippen MR) is 71.0 cm³/mol. The number of aryl methyl sites for hydroxylation is 1. The van der Waals surface area contributed by atoms with E-state index in [9.17, 15) is 9.59 Å². The second-order valence-corrected chi connectivity index (χ2v) is 4.80. The van der Waals surface area contributed by atoms with E-state index >= 15 is 0 Å². The standard InChI is InChI=1S/C11H8ClN3O3S/c1-5-9(19-15-14-5)10(16)13-6-2-3-7(11(17)18)8(12)4-6/h2-4H,1H3,(H,13,16)(H,17,18). The van der Waals surface area contributed by atoms with Gasteiger partial charge in [-0.25, -0.2) is 4.79 Å². The van der Waals surface area contributed by atoms with E-state index in [0.29, 0.717) is 16.3 Å². The van der Waals surface area contributed by atoms with Crippen molar-refractivity contribution in [3.8, 4) is 0 Å². The molecule has 8 heteroatoms. The molecule has 0 spiro atoms. The Morgan fingerprint density at radius 1 is 1.42 bits per heavy atom. The number of anilines is 1. The van der Waals surface area contributed by atoms with Crippen LogP contribution in [0.5, 0.6) is 0 Å². The molecule has 0 fully saturated rings. The van der Waals surface area contributed by atoms with Crippen LogP contribution >= 0.6 is 23.1 Å². The number of nitrogens with one attached hydrogen (secondary N) is 1. The zero-order chi connectivity index (χ0) is 14.0. The molecule has 0 saturated carbocycles. The average Bonchev–Trinajstić information content (AvgIpc) is 2.75. The molecule has 0 unspecified atom stereocenters. The molecule has 2 N–H and O–H groups in total. The Kier molecular flexibility index (Phi) is 3.77. The van der Waals surface area contributed by atoms with Crippen molar-refractivity contribution in [3.05, 3.63) is 39.4 Å². The number of carboxylic acid groups (broad SMARTS) is 1. The van der Waals surface area contributed by atoms with Crippen LogP contribution in [0.15, 0.2) is 18.2 Å². The molecule has 1 aromatic carbocycles. The minimum Gasteiger partial charge on any atom is -0.478 e. The van der Waals surface area contributed by atoms with Gasteiger partial charge in [-0.3, -0.25) is 4.79 Å². The molecule has 0 aliphatic carbocycles. The highest BCUT2D eigenvalue weighted by atomic mass is 35.5. The van der Waals surface area contributed by atoms with Crippen molar-refractivity contribution in [3.63, 3.8) is 0 Å². The van der Waals surface area contributed by atoms with Gasteiger partial charge in [0.15, 0.2) is 0 Å². The van der Waals surface area contributed by atoms with Crippen LogP contribution < -0.4 is 5.32 Å². The Hall–Kier alpha value is -1.99. The van der Waals surface area contributed by atoms with Gasteiger partial charge in [0.2, 0.25) is 0 Å². The van der Waals surface area contributed by atoms with E-state index in [-0.39, 0.29) is 16.5 Å². The Morgan fingerprint density at radius 3 is 2.68 bits per heavy atom. The molecule has 0 bridgehead atoms. The molecular formula is C11H8ClN3O3S. The van der Waals surface area contributed by atoms with Crippen molar-refractivity contribution in [2.45, 2.75) is 6.92 Å². The maximum Gasteiger partial charge on any atom is 0.337 e. The summed E-state index contributed by atoms with van der Waals surface area (Å²) >= 11 is 6.80. The fraction of sp³-hybridized carbons (Fsp3) is 0.0909. The van der Waals surface area contributed by atoms with Crippen molar-refractivity contribution >= 4 is 40.7 Å². The molecule has 98 valence electrons. The summed E-state index contributed by atoms with van der Waals surface area (Å²) in [6.07, 6.45) is 0. The number of carbonyl (C=O) groups excluding carboxylic acids is 1. The van der Waals surface area contributed by atoms with Gasteiger partial charge in [-0.15, -0.1) is 5.10 Å². The zero-order valence-corrected chi connectivity index (χ0v) is 11.2. The van der Waals surface area contributed by atoms with Gasteiger partial charge in [-0.05, 0) is 36.7 Å². The smallest absolute Gasteiger partial charge is 0.337 e. The highest BCUT2D eigenvalue weighted by molar-refractivity contribution is 7.08. The minimum absolute atomic E-state index is 0.0182. The normalized spacial score (nSPS) is 10.2. The number of carboxylic acids is 1. The molecule has 2 rings (SSSR count). The average molecular weight is 298 g/mol. The maximum absolute atomic E-state index is 11.9. The minimum atomic E-state index is -1.12. The summed E-state index contributed by atoms with van der Waals surface area (Å²) in [6, 6.07) is 4.18. The molecule has 1 heterocycles. The van der Waals surface area contributed by atoms with Crippen molar-refractivity contribution < 1.29 is 14.7 Å². The van der Waals surface area contributed by atoms with Crippen LogP contribution in [0.2, 0.25) is 5.02 Å². The summed E-state index contributed by atoms with van der Waals surface area (Å²) in [6.45, 7) is 1.68. The topological polar surface area (TPSA) is 92.2 Å². The molecule has 1 aromatic heterocycles. The fourth-order valence-electron chi connectivity index (χ4n) is 1.39. The maximum atomic E-state index is 11.9.